The number of ether oxygens (including phenoxy) is 1. The molecule has 1 heterocycles. The molecule has 1 aliphatic rings. The topological polar surface area (TPSA) is 35.2 Å². The zero-order chi connectivity index (χ0) is 11.4. The summed E-state index contributed by atoms with van der Waals surface area (Å²) in [6, 6.07) is 7.78. The van der Waals surface area contributed by atoms with Gasteiger partial charge in [-0.05, 0) is 30.3 Å². The minimum atomic E-state index is -0.0109. The van der Waals surface area contributed by atoms with Gasteiger partial charge in [0.25, 0.3) is 0 Å². The first-order valence-corrected chi connectivity index (χ1v) is 6.59. The molecule has 1 atom stereocenters. The molecule has 2 rings (SSSR count). The Kier molecular flexibility index (Phi) is 4.16. The molecule has 2 N–H and O–H groups in total. The van der Waals surface area contributed by atoms with Crippen molar-refractivity contribution in [1.29, 1.82) is 0 Å². The van der Waals surface area contributed by atoms with Crippen LogP contribution in [0.5, 0.6) is 0 Å². The van der Waals surface area contributed by atoms with E-state index in [2.05, 4.69) is 6.08 Å². The fourth-order valence-electron chi connectivity index (χ4n) is 1.49. The molecule has 0 bridgehead atoms. The van der Waals surface area contributed by atoms with Crippen LogP contribution in [0.3, 0.4) is 0 Å². The van der Waals surface area contributed by atoms with E-state index < -0.39 is 0 Å². The maximum atomic E-state index is 6.02. The predicted octanol–water partition coefficient (Wildman–Crippen LogP) is 3.06. The Morgan fingerprint density at radius 1 is 1.38 bits per heavy atom. The third-order valence-corrected chi connectivity index (χ3v) is 3.72. The first-order chi connectivity index (χ1) is 7.75. The van der Waals surface area contributed by atoms with Gasteiger partial charge in [-0.15, -0.1) is 11.8 Å². The zero-order valence-electron chi connectivity index (χ0n) is 8.86. The van der Waals surface area contributed by atoms with Gasteiger partial charge >= 0.3 is 0 Å². The van der Waals surface area contributed by atoms with Crippen LogP contribution in [0.15, 0.2) is 41.0 Å². The Morgan fingerprint density at radius 2 is 2.12 bits per heavy atom. The maximum Gasteiger partial charge on any atom is 0.110 e. The summed E-state index contributed by atoms with van der Waals surface area (Å²) in [6.45, 7) is 0.772. The van der Waals surface area contributed by atoms with E-state index in [1.165, 1.54) is 4.90 Å². The summed E-state index contributed by atoms with van der Waals surface area (Å²) >= 11 is 7.53. The summed E-state index contributed by atoms with van der Waals surface area (Å²) in [5.74, 6) is 1.76. The Labute approximate surface area is 105 Å². The van der Waals surface area contributed by atoms with Crippen molar-refractivity contribution < 1.29 is 4.74 Å². The largest absolute Gasteiger partial charge is 0.496 e. The molecular formula is C12H14ClNOS. The van der Waals surface area contributed by atoms with Crippen molar-refractivity contribution in [2.24, 2.45) is 5.73 Å². The molecule has 0 aromatic heterocycles. The molecule has 4 heteroatoms. The normalized spacial score (nSPS) is 16.8. The molecule has 0 saturated carbocycles. The zero-order valence-corrected chi connectivity index (χ0v) is 10.4. The second-order valence-corrected chi connectivity index (χ2v) is 5.14. The van der Waals surface area contributed by atoms with Crippen molar-refractivity contribution in [3.63, 3.8) is 0 Å². The lowest BCUT2D eigenvalue weighted by Crippen LogP contribution is -2.25. The lowest BCUT2D eigenvalue weighted by atomic mass is 10.3. The lowest BCUT2D eigenvalue weighted by Gasteiger charge is -2.12. The monoisotopic (exact) mass is 255 g/mol. The smallest absolute Gasteiger partial charge is 0.110 e. The van der Waals surface area contributed by atoms with Crippen molar-refractivity contribution in [2.75, 3.05) is 12.4 Å². The van der Waals surface area contributed by atoms with Crippen molar-refractivity contribution in [3.8, 4) is 0 Å². The standard InChI is InChI=1S/C12H14ClNOS/c13-9-3-5-10(6-4-9)16-8-11(14)12-2-1-7-15-12/h2-6,11H,1,7-8,14H2. The molecule has 2 nitrogen and oxygen atoms in total. The minimum absolute atomic E-state index is 0.0109. The second kappa shape index (κ2) is 5.62. The summed E-state index contributed by atoms with van der Waals surface area (Å²) in [7, 11) is 0. The predicted molar refractivity (Wildman–Crippen MR) is 68.8 cm³/mol. The first kappa shape index (κ1) is 11.8. The number of halogens is 1. The SMILES string of the molecule is NC(CSc1ccc(Cl)cc1)C1=CCCO1. The van der Waals surface area contributed by atoms with Gasteiger partial charge in [-0.1, -0.05) is 11.6 Å². The summed E-state index contributed by atoms with van der Waals surface area (Å²) in [6.07, 6.45) is 3.06. The molecule has 0 fully saturated rings. The lowest BCUT2D eigenvalue weighted by molar-refractivity contribution is 0.228. The van der Waals surface area contributed by atoms with Crippen LogP contribution in [0, 0.1) is 0 Å². The minimum Gasteiger partial charge on any atom is -0.496 e. The molecule has 0 saturated heterocycles. The fraction of sp³-hybridized carbons (Fsp3) is 0.333. The molecule has 1 unspecified atom stereocenters. The van der Waals surface area contributed by atoms with E-state index >= 15 is 0 Å². The molecule has 0 spiro atoms. The van der Waals surface area contributed by atoms with Gasteiger partial charge in [0.1, 0.15) is 5.76 Å². The van der Waals surface area contributed by atoms with Crippen LogP contribution >= 0.6 is 23.4 Å². The molecule has 0 aliphatic carbocycles. The molecule has 1 aromatic rings. The number of hydrogen-bond donors (Lipinski definition) is 1. The van der Waals surface area contributed by atoms with Crippen LogP contribution in [0.25, 0.3) is 0 Å². The summed E-state index contributed by atoms with van der Waals surface area (Å²) in [5.41, 5.74) is 6.02. The first-order valence-electron chi connectivity index (χ1n) is 5.22. The summed E-state index contributed by atoms with van der Waals surface area (Å²) in [4.78, 5) is 1.18. The average molecular weight is 256 g/mol. The van der Waals surface area contributed by atoms with Crippen LogP contribution in [-0.2, 0) is 4.74 Å². The highest BCUT2D eigenvalue weighted by Gasteiger charge is 2.14. The highest BCUT2D eigenvalue weighted by Crippen LogP contribution is 2.23. The van der Waals surface area contributed by atoms with E-state index in [-0.39, 0.29) is 6.04 Å². The maximum absolute atomic E-state index is 6.02. The Balaban J connectivity index is 1.84. The number of nitrogens with two attached hydrogens (primary N) is 1. The van der Waals surface area contributed by atoms with Crippen LogP contribution in [0.4, 0.5) is 0 Å². The second-order valence-electron chi connectivity index (χ2n) is 3.62. The highest BCUT2D eigenvalue weighted by atomic mass is 35.5. The van der Waals surface area contributed by atoms with Gasteiger partial charge in [-0.25, -0.2) is 0 Å². The molecule has 86 valence electrons. The van der Waals surface area contributed by atoms with Crippen LogP contribution < -0.4 is 5.73 Å². The van der Waals surface area contributed by atoms with E-state index in [0.717, 1.165) is 29.6 Å². The van der Waals surface area contributed by atoms with E-state index in [1.807, 2.05) is 24.3 Å². The van der Waals surface area contributed by atoms with Gasteiger partial charge in [0.2, 0.25) is 0 Å². The number of thioether (sulfide) groups is 1. The Hall–Kier alpha value is -0.640. The molecule has 0 amide bonds. The average Bonchev–Trinajstić information content (AvgIpc) is 2.81. The van der Waals surface area contributed by atoms with Gasteiger partial charge < -0.3 is 10.5 Å². The summed E-state index contributed by atoms with van der Waals surface area (Å²) in [5, 5.41) is 0.760. The molecule has 0 radical (unpaired) electrons. The van der Waals surface area contributed by atoms with Crippen molar-refractivity contribution in [3.05, 3.63) is 41.1 Å². The Bertz CT molecular complexity index is 377. The summed E-state index contributed by atoms with van der Waals surface area (Å²) < 4.78 is 5.42. The van der Waals surface area contributed by atoms with E-state index in [0.29, 0.717) is 0 Å². The van der Waals surface area contributed by atoms with Gasteiger partial charge in [-0.2, -0.15) is 0 Å². The van der Waals surface area contributed by atoms with Crippen molar-refractivity contribution >= 4 is 23.4 Å². The fourth-order valence-corrected chi connectivity index (χ4v) is 2.49. The van der Waals surface area contributed by atoms with Crippen molar-refractivity contribution in [1.82, 2.24) is 0 Å². The van der Waals surface area contributed by atoms with Gasteiger partial charge in [0, 0.05) is 22.1 Å². The van der Waals surface area contributed by atoms with Gasteiger partial charge in [-0.3, -0.25) is 0 Å². The van der Waals surface area contributed by atoms with E-state index in [1.54, 1.807) is 11.8 Å². The van der Waals surface area contributed by atoms with Crippen LogP contribution in [0.2, 0.25) is 5.02 Å². The Morgan fingerprint density at radius 3 is 2.75 bits per heavy atom. The van der Waals surface area contributed by atoms with Crippen LogP contribution in [-0.4, -0.2) is 18.4 Å². The number of hydrogen-bond acceptors (Lipinski definition) is 3. The quantitative estimate of drug-likeness (QED) is 0.840. The molecular weight excluding hydrogens is 242 g/mol. The van der Waals surface area contributed by atoms with Crippen molar-refractivity contribution in [2.45, 2.75) is 17.4 Å². The van der Waals surface area contributed by atoms with E-state index in [9.17, 15) is 0 Å². The third-order valence-electron chi connectivity index (χ3n) is 2.34. The molecule has 16 heavy (non-hydrogen) atoms. The van der Waals surface area contributed by atoms with Gasteiger partial charge in [0.15, 0.2) is 0 Å². The third kappa shape index (κ3) is 3.17. The molecule has 1 aliphatic heterocycles. The highest BCUT2D eigenvalue weighted by molar-refractivity contribution is 7.99. The van der Waals surface area contributed by atoms with E-state index in [4.69, 9.17) is 22.1 Å². The number of rotatable bonds is 4. The molecule has 1 aromatic carbocycles. The van der Waals surface area contributed by atoms with Gasteiger partial charge in [0.05, 0.1) is 12.6 Å². The number of benzene rings is 1. The van der Waals surface area contributed by atoms with Crippen LogP contribution in [0.1, 0.15) is 6.42 Å².